The number of ether oxygens (including phenoxy) is 3. The number of benzene rings is 2. The summed E-state index contributed by atoms with van der Waals surface area (Å²) >= 11 is 0. The molecule has 0 heterocycles. The van der Waals surface area contributed by atoms with Gasteiger partial charge in [0.2, 0.25) is 0 Å². The number of rotatable bonds is 10. The van der Waals surface area contributed by atoms with Gasteiger partial charge in [0, 0.05) is 17.7 Å². The van der Waals surface area contributed by atoms with Crippen LogP contribution in [0.1, 0.15) is 16.7 Å². The molecule has 0 amide bonds. The van der Waals surface area contributed by atoms with Crippen LogP contribution in [0.3, 0.4) is 0 Å². The maximum atomic E-state index is 5.55. The van der Waals surface area contributed by atoms with Gasteiger partial charge >= 0.3 is 0 Å². The van der Waals surface area contributed by atoms with Gasteiger partial charge in [-0.2, -0.15) is 0 Å². The molecule has 0 radical (unpaired) electrons. The molecule has 0 aromatic heterocycles. The Hall–Kier alpha value is -2.46. The van der Waals surface area contributed by atoms with Crippen molar-refractivity contribution in [3.63, 3.8) is 0 Å². The highest BCUT2D eigenvalue weighted by Crippen LogP contribution is 2.29. The molecule has 0 atom stereocenters. The van der Waals surface area contributed by atoms with Crippen molar-refractivity contribution in [2.75, 3.05) is 27.9 Å². The Balaban J connectivity index is 2.01. The third-order valence-corrected chi connectivity index (χ3v) is 4.13. The van der Waals surface area contributed by atoms with Gasteiger partial charge in [0.15, 0.2) is 0 Å². The van der Waals surface area contributed by atoms with E-state index in [2.05, 4.69) is 24.0 Å². The highest BCUT2D eigenvalue weighted by molar-refractivity contribution is 5.47. The number of hydrogen-bond acceptors (Lipinski definition) is 4. The first kappa shape index (κ1) is 18.9. The average Bonchev–Trinajstić information content (AvgIpc) is 2.66. The van der Waals surface area contributed by atoms with Gasteiger partial charge in [-0.3, -0.25) is 0 Å². The predicted octanol–water partition coefficient (Wildman–Crippen LogP) is 3.77. The molecule has 2 aromatic rings. The highest BCUT2D eigenvalue weighted by Gasteiger charge is 2.10. The fourth-order valence-corrected chi connectivity index (χ4v) is 2.83. The van der Waals surface area contributed by atoms with Crippen molar-refractivity contribution < 1.29 is 14.2 Å². The van der Waals surface area contributed by atoms with Crippen LogP contribution in [0.15, 0.2) is 49.1 Å². The molecule has 4 nitrogen and oxygen atoms in total. The van der Waals surface area contributed by atoms with E-state index in [1.807, 2.05) is 30.3 Å². The van der Waals surface area contributed by atoms with Gasteiger partial charge < -0.3 is 19.5 Å². The molecule has 0 bridgehead atoms. The third-order valence-electron chi connectivity index (χ3n) is 4.13. The smallest absolute Gasteiger partial charge is 0.123 e. The minimum absolute atomic E-state index is 0.756. The van der Waals surface area contributed by atoms with Crippen molar-refractivity contribution in [3.8, 4) is 17.2 Å². The van der Waals surface area contributed by atoms with E-state index < -0.39 is 0 Å². The summed E-state index contributed by atoms with van der Waals surface area (Å²) in [6.45, 7) is 5.39. The zero-order valence-electron chi connectivity index (χ0n) is 15.3. The second-order valence-electron chi connectivity index (χ2n) is 5.71. The first-order valence-corrected chi connectivity index (χ1v) is 8.40. The fourth-order valence-electron chi connectivity index (χ4n) is 2.83. The summed E-state index contributed by atoms with van der Waals surface area (Å²) in [6.07, 6.45) is 3.47. The summed E-state index contributed by atoms with van der Waals surface area (Å²) in [5.41, 5.74) is 3.36. The van der Waals surface area contributed by atoms with Crippen LogP contribution >= 0.6 is 0 Å². The quantitative estimate of drug-likeness (QED) is 0.527. The van der Waals surface area contributed by atoms with Gasteiger partial charge in [0.25, 0.3) is 0 Å². The third kappa shape index (κ3) is 5.00. The Morgan fingerprint density at radius 2 is 1.52 bits per heavy atom. The molecule has 134 valence electrons. The first-order chi connectivity index (χ1) is 12.2. The monoisotopic (exact) mass is 341 g/mol. The lowest BCUT2D eigenvalue weighted by Crippen LogP contribution is -2.17. The lowest BCUT2D eigenvalue weighted by Gasteiger charge is -2.15. The molecule has 0 spiro atoms. The Kier molecular flexibility index (Phi) is 7.36. The molecule has 0 aliphatic carbocycles. The zero-order valence-corrected chi connectivity index (χ0v) is 15.3. The van der Waals surface area contributed by atoms with Crippen LogP contribution in [0.4, 0.5) is 0 Å². The molecule has 2 aromatic carbocycles. The topological polar surface area (TPSA) is 39.7 Å². The average molecular weight is 341 g/mol. The van der Waals surface area contributed by atoms with Crippen LogP contribution in [0, 0.1) is 0 Å². The molecule has 1 N–H and O–H groups in total. The molecule has 25 heavy (non-hydrogen) atoms. The maximum absolute atomic E-state index is 5.55. The molecule has 0 aliphatic heterocycles. The van der Waals surface area contributed by atoms with Crippen molar-refractivity contribution in [2.45, 2.75) is 19.4 Å². The highest BCUT2D eigenvalue weighted by atomic mass is 16.5. The van der Waals surface area contributed by atoms with Gasteiger partial charge in [-0.15, -0.1) is 6.58 Å². The molecule has 0 saturated carbocycles. The Bertz CT molecular complexity index is 698. The summed E-state index contributed by atoms with van der Waals surface area (Å²) in [5.74, 6) is 2.67. The van der Waals surface area contributed by atoms with Crippen molar-refractivity contribution in [3.05, 3.63) is 65.7 Å². The van der Waals surface area contributed by atoms with Crippen LogP contribution in [-0.4, -0.2) is 27.9 Å². The number of nitrogens with one attached hydrogen (secondary N) is 1. The van der Waals surface area contributed by atoms with Crippen LogP contribution in [0.25, 0.3) is 0 Å². The summed E-state index contributed by atoms with van der Waals surface area (Å²) in [7, 11) is 5.09. The van der Waals surface area contributed by atoms with Crippen LogP contribution < -0.4 is 19.5 Å². The Morgan fingerprint density at radius 3 is 2.20 bits per heavy atom. The van der Waals surface area contributed by atoms with Crippen molar-refractivity contribution in [1.29, 1.82) is 0 Å². The molecular formula is C21H27NO3. The first-order valence-electron chi connectivity index (χ1n) is 8.40. The van der Waals surface area contributed by atoms with E-state index in [0.717, 1.165) is 59.9 Å². The minimum Gasteiger partial charge on any atom is -0.496 e. The van der Waals surface area contributed by atoms with Gasteiger partial charge in [-0.25, -0.2) is 0 Å². The van der Waals surface area contributed by atoms with E-state index in [9.17, 15) is 0 Å². The van der Waals surface area contributed by atoms with E-state index in [0.29, 0.717) is 0 Å². The lowest BCUT2D eigenvalue weighted by molar-refractivity contribution is 0.395. The number of para-hydroxylation sites is 1. The molecule has 0 saturated heterocycles. The second kappa shape index (κ2) is 9.74. The van der Waals surface area contributed by atoms with E-state index in [1.54, 1.807) is 21.3 Å². The van der Waals surface area contributed by atoms with Gasteiger partial charge in [0.05, 0.1) is 21.3 Å². The summed E-state index contributed by atoms with van der Waals surface area (Å²) in [5, 5.41) is 3.46. The minimum atomic E-state index is 0.756. The fraction of sp³-hybridized carbons (Fsp3) is 0.333. The number of allylic oxidation sites excluding steroid dienone is 1. The molecule has 0 unspecified atom stereocenters. The van der Waals surface area contributed by atoms with Gasteiger partial charge in [0.1, 0.15) is 17.2 Å². The molecule has 4 heteroatoms. The standard InChI is InChI=1S/C21H27NO3/c1-5-8-16-13-21(25-4)17(14-20(16)24-3)11-12-22-15-18-9-6-7-10-19(18)23-2/h5-7,9-10,13-14,22H,1,8,11-12,15H2,2-4H3. The summed E-state index contributed by atoms with van der Waals surface area (Å²) in [4.78, 5) is 0. The van der Waals surface area contributed by atoms with Crippen LogP contribution in [0.2, 0.25) is 0 Å². The largest absolute Gasteiger partial charge is 0.496 e. The SMILES string of the molecule is C=CCc1cc(OC)c(CCNCc2ccccc2OC)cc1OC. The number of hydrogen-bond donors (Lipinski definition) is 1. The Morgan fingerprint density at radius 1 is 0.880 bits per heavy atom. The van der Waals surface area contributed by atoms with Crippen LogP contribution in [0.5, 0.6) is 17.2 Å². The number of methoxy groups -OCH3 is 3. The Labute approximate surface area is 150 Å². The normalized spacial score (nSPS) is 10.4. The molecular weight excluding hydrogens is 314 g/mol. The maximum Gasteiger partial charge on any atom is 0.123 e. The van der Waals surface area contributed by atoms with Crippen LogP contribution in [-0.2, 0) is 19.4 Å². The summed E-state index contributed by atoms with van der Waals surface area (Å²) in [6, 6.07) is 12.1. The summed E-state index contributed by atoms with van der Waals surface area (Å²) < 4.78 is 16.4. The second-order valence-corrected chi connectivity index (χ2v) is 5.71. The van der Waals surface area contributed by atoms with Gasteiger partial charge in [-0.05, 0) is 43.1 Å². The zero-order chi connectivity index (χ0) is 18.1. The van der Waals surface area contributed by atoms with Crippen molar-refractivity contribution in [1.82, 2.24) is 5.32 Å². The van der Waals surface area contributed by atoms with Crippen molar-refractivity contribution >= 4 is 0 Å². The molecule has 2 rings (SSSR count). The van der Waals surface area contributed by atoms with Gasteiger partial charge in [-0.1, -0.05) is 24.3 Å². The van der Waals surface area contributed by atoms with E-state index >= 15 is 0 Å². The molecule has 0 aliphatic rings. The van der Waals surface area contributed by atoms with E-state index in [1.165, 1.54) is 0 Å². The predicted molar refractivity (Wildman–Crippen MR) is 102 cm³/mol. The van der Waals surface area contributed by atoms with E-state index in [-0.39, 0.29) is 0 Å². The lowest BCUT2D eigenvalue weighted by atomic mass is 10.0. The van der Waals surface area contributed by atoms with E-state index in [4.69, 9.17) is 14.2 Å². The van der Waals surface area contributed by atoms with Crippen molar-refractivity contribution in [2.24, 2.45) is 0 Å². The molecule has 0 fully saturated rings.